The molecule has 0 unspecified atom stereocenters. The fourth-order valence-electron chi connectivity index (χ4n) is 3.23. The molecule has 0 aliphatic rings. The molecule has 0 fully saturated rings. The lowest BCUT2D eigenvalue weighted by molar-refractivity contribution is 0.0494. The summed E-state index contributed by atoms with van der Waals surface area (Å²) in [6, 6.07) is 3.85. The summed E-state index contributed by atoms with van der Waals surface area (Å²) < 4.78 is 5.16. The van der Waals surface area contributed by atoms with E-state index in [4.69, 9.17) is 4.74 Å². The number of aromatic hydroxyl groups is 2. The highest BCUT2D eigenvalue weighted by Crippen LogP contribution is 2.23. The van der Waals surface area contributed by atoms with Gasteiger partial charge in [0.2, 0.25) is 0 Å². The summed E-state index contributed by atoms with van der Waals surface area (Å²) >= 11 is 0. The third-order valence-corrected chi connectivity index (χ3v) is 4.93. The predicted octanol–water partition coefficient (Wildman–Crippen LogP) is 6.74. The van der Waals surface area contributed by atoms with Crippen molar-refractivity contribution in [2.75, 3.05) is 6.61 Å². The average molecular weight is 379 g/mol. The maximum absolute atomic E-state index is 11.9. The van der Waals surface area contributed by atoms with Gasteiger partial charge in [0.15, 0.2) is 0 Å². The Balaban J connectivity index is 1.89. The van der Waals surface area contributed by atoms with E-state index in [1.807, 2.05) is 0 Å². The maximum Gasteiger partial charge on any atom is 0.342 e. The fourth-order valence-corrected chi connectivity index (χ4v) is 3.23. The Hall–Kier alpha value is -1.71. The molecule has 1 rings (SSSR count). The molecule has 27 heavy (non-hydrogen) atoms. The van der Waals surface area contributed by atoms with Gasteiger partial charge < -0.3 is 14.9 Å². The molecular formula is C23H38O4. The zero-order valence-corrected chi connectivity index (χ0v) is 17.0. The second-order valence-electron chi connectivity index (χ2n) is 7.43. The molecule has 4 nitrogen and oxygen atoms in total. The molecule has 0 spiro atoms. The molecule has 0 radical (unpaired) electrons. The van der Waals surface area contributed by atoms with Crippen molar-refractivity contribution in [3.05, 3.63) is 23.8 Å². The van der Waals surface area contributed by atoms with Gasteiger partial charge in [0.1, 0.15) is 17.1 Å². The topological polar surface area (TPSA) is 66.8 Å². The molecule has 0 bridgehead atoms. The first kappa shape index (κ1) is 23.3. The van der Waals surface area contributed by atoms with Crippen LogP contribution < -0.4 is 0 Å². The summed E-state index contributed by atoms with van der Waals surface area (Å²) in [5, 5.41) is 19.0. The van der Waals surface area contributed by atoms with Crippen LogP contribution in [0.4, 0.5) is 0 Å². The summed E-state index contributed by atoms with van der Waals surface area (Å²) in [5.41, 5.74) is 0.0142. The molecule has 154 valence electrons. The molecule has 0 atom stereocenters. The minimum atomic E-state index is -0.585. The van der Waals surface area contributed by atoms with E-state index in [0.717, 1.165) is 12.8 Å². The molecule has 0 saturated carbocycles. The first-order valence-electron chi connectivity index (χ1n) is 10.8. The predicted molar refractivity (Wildman–Crippen MR) is 110 cm³/mol. The number of ether oxygens (including phenoxy) is 1. The molecule has 2 N–H and O–H groups in total. The Morgan fingerprint density at radius 2 is 1.26 bits per heavy atom. The lowest BCUT2D eigenvalue weighted by Crippen LogP contribution is -2.06. The second kappa shape index (κ2) is 15.4. The first-order chi connectivity index (χ1) is 13.1. The Kier molecular flexibility index (Phi) is 13.3. The number of esters is 1. The van der Waals surface area contributed by atoms with Gasteiger partial charge in [-0.1, -0.05) is 90.4 Å². The Morgan fingerprint density at radius 3 is 1.78 bits per heavy atom. The van der Waals surface area contributed by atoms with Gasteiger partial charge >= 0.3 is 5.97 Å². The molecule has 0 saturated heterocycles. The number of rotatable bonds is 16. The second-order valence-corrected chi connectivity index (χ2v) is 7.43. The van der Waals surface area contributed by atoms with E-state index in [-0.39, 0.29) is 17.1 Å². The number of carbonyl (C=O) groups excluding carboxylic acids is 1. The summed E-state index contributed by atoms with van der Waals surface area (Å²) in [6.07, 6.45) is 18.0. The molecule has 0 aliphatic carbocycles. The van der Waals surface area contributed by atoms with Crippen LogP contribution in [0.5, 0.6) is 11.5 Å². The van der Waals surface area contributed by atoms with Gasteiger partial charge in [0.05, 0.1) is 6.61 Å². The molecule has 0 aliphatic heterocycles. The van der Waals surface area contributed by atoms with E-state index in [1.165, 1.54) is 95.2 Å². The van der Waals surface area contributed by atoms with E-state index < -0.39 is 5.97 Å². The summed E-state index contributed by atoms with van der Waals surface area (Å²) in [4.78, 5) is 11.9. The highest BCUT2D eigenvalue weighted by molar-refractivity contribution is 5.92. The van der Waals surface area contributed by atoms with Crippen LogP contribution in [0.15, 0.2) is 18.2 Å². The van der Waals surface area contributed by atoms with Crippen molar-refractivity contribution in [1.29, 1.82) is 0 Å². The number of carbonyl (C=O) groups is 1. The molecular weight excluding hydrogens is 340 g/mol. The van der Waals surface area contributed by atoms with Gasteiger partial charge in [-0.15, -0.1) is 0 Å². The Bertz CT molecular complexity index is 513. The maximum atomic E-state index is 11.9. The van der Waals surface area contributed by atoms with E-state index in [1.54, 1.807) is 0 Å². The van der Waals surface area contributed by atoms with Gasteiger partial charge in [-0.2, -0.15) is 0 Å². The lowest BCUT2D eigenvalue weighted by Gasteiger charge is -2.07. The van der Waals surface area contributed by atoms with Gasteiger partial charge in [0, 0.05) is 0 Å². The SMILES string of the molecule is CCCCCCCCCCCCCCCCOC(=O)c1cc(O)ccc1O. The van der Waals surface area contributed by atoms with E-state index in [2.05, 4.69) is 6.92 Å². The zero-order valence-electron chi connectivity index (χ0n) is 17.0. The van der Waals surface area contributed by atoms with Gasteiger partial charge in [-0.05, 0) is 24.6 Å². The van der Waals surface area contributed by atoms with Crippen LogP contribution in [0.3, 0.4) is 0 Å². The van der Waals surface area contributed by atoms with Gasteiger partial charge in [0.25, 0.3) is 0 Å². The molecule has 1 aromatic carbocycles. The van der Waals surface area contributed by atoms with Crippen molar-refractivity contribution in [2.24, 2.45) is 0 Å². The van der Waals surface area contributed by atoms with E-state index in [9.17, 15) is 15.0 Å². The van der Waals surface area contributed by atoms with Crippen LogP contribution >= 0.6 is 0 Å². The van der Waals surface area contributed by atoms with Crippen molar-refractivity contribution in [3.63, 3.8) is 0 Å². The van der Waals surface area contributed by atoms with Crippen LogP contribution in [-0.2, 0) is 4.74 Å². The fraction of sp³-hybridized carbons (Fsp3) is 0.696. The van der Waals surface area contributed by atoms with Crippen molar-refractivity contribution >= 4 is 5.97 Å². The van der Waals surface area contributed by atoms with Crippen LogP contribution in [0, 0.1) is 0 Å². The molecule has 4 heteroatoms. The van der Waals surface area contributed by atoms with E-state index in [0.29, 0.717) is 6.61 Å². The minimum absolute atomic E-state index is 0.0142. The summed E-state index contributed by atoms with van der Waals surface area (Å²) in [6.45, 7) is 2.61. The number of hydrogen-bond acceptors (Lipinski definition) is 4. The quantitative estimate of drug-likeness (QED) is 0.190. The Morgan fingerprint density at radius 1 is 0.778 bits per heavy atom. The van der Waals surface area contributed by atoms with Crippen LogP contribution in [0.1, 0.15) is 107 Å². The van der Waals surface area contributed by atoms with E-state index >= 15 is 0 Å². The van der Waals surface area contributed by atoms with Crippen molar-refractivity contribution in [2.45, 2.75) is 96.8 Å². The number of hydrogen-bond donors (Lipinski definition) is 2. The number of benzene rings is 1. The highest BCUT2D eigenvalue weighted by Gasteiger charge is 2.13. The molecule has 0 amide bonds. The monoisotopic (exact) mass is 378 g/mol. The number of unbranched alkanes of at least 4 members (excludes halogenated alkanes) is 13. The van der Waals surface area contributed by atoms with Crippen LogP contribution in [0.25, 0.3) is 0 Å². The molecule has 0 aromatic heterocycles. The number of phenols is 2. The van der Waals surface area contributed by atoms with Crippen LogP contribution in [-0.4, -0.2) is 22.8 Å². The third-order valence-electron chi connectivity index (χ3n) is 4.93. The molecule has 1 aromatic rings. The largest absolute Gasteiger partial charge is 0.508 e. The number of phenolic OH excluding ortho intramolecular Hbond substituents is 2. The minimum Gasteiger partial charge on any atom is -0.508 e. The lowest BCUT2D eigenvalue weighted by atomic mass is 10.0. The van der Waals surface area contributed by atoms with Crippen molar-refractivity contribution in [3.8, 4) is 11.5 Å². The highest BCUT2D eigenvalue weighted by atomic mass is 16.5. The van der Waals surface area contributed by atoms with Gasteiger partial charge in [-0.3, -0.25) is 0 Å². The normalized spacial score (nSPS) is 10.9. The van der Waals surface area contributed by atoms with Crippen molar-refractivity contribution < 1.29 is 19.7 Å². The smallest absolute Gasteiger partial charge is 0.342 e. The first-order valence-corrected chi connectivity index (χ1v) is 10.8. The van der Waals surface area contributed by atoms with Gasteiger partial charge in [-0.25, -0.2) is 4.79 Å². The van der Waals surface area contributed by atoms with Crippen LogP contribution in [0.2, 0.25) is 0 Å². The standard InChI is InChI=1S/C23H38O4/c1-2-3-4-5-6-7-8-9-10-11-12-13-14-15-18-27-23(26)21-19-20(24)16-17-22(21)25/h16-17,19,24-25H,2-15,18H2,1H3. The third kappa shape index (κ3) is 11.6. The Labute approximate surface area is 164 Å². The van der Waals surface area contributed by atoms with Crippen molar-refractivity contribution in [1.82, 2.24) is 0 Å². The average Bonchev–Trinajstić information content (AvgIpc) is 2.66. The molecule has 0 heterocycles. The summed E-state index contributed by atoms with van der Waals surface area (Å²) in [7, 11) is 0. The zero-order chi connectivity index (χ0) is 19.7. The summed E-state index contributed by atoms with van der Waals surface area (Å²) in [5.74, 6) is -0.812.